The van der Waals surface area contributed by atoms with Gasteiger partial charge in [-0.1, -0.05) is 6.07 Å². The summed E-state index contributed by atoms with van der Waals surface area (Å²) in [4.78, 5) is 16.3. The van der Waals surface area contributed by atoms with Crippen molar-refractivity contribution < 1.29 is 0 Å². The zero-order valence-electron chi connectivity index (χ0n) is 11.8. The van der Waals surface area contributed by atoms with Gasteiger partial charge >= 0.3 is 5.69 Å². The third-order valence-corrected chi connectivity index (χ3v) is 4.18. The molecule has 2 N–H and O–H groups in total. The van der Waals surface area contributed by atoms with E-state index in [1.165, 1.54) is 11.8 Å². The van der Waals surface area contributed by atoms with Gasteiger partial charge in [-0.05, 0) is 37.9 Å². The minimum atomic E-state index is -0.195. The molecule has 0 unspecified atom stereocenters. The summed E-state index contributed by atoms with van der Waals surface area (Å²) in [5.41, 5.74) is 1.74. The fourth-order valence-electron chi connectivity index (χ4n) is 2.18. The van der Waals surface area contributed by atoms with Crippen LogP contribution in [0.5, 0.6) is 0 Å². The van der Waals surface area contributed by atoms with Crippen LogP contribution < -0.4 is 11.0 Å². The van der Waals surface area contributed by atoms with E-state index in [-0.39, 0.29) is 5.69 Å². The van der Waals surface area contributed by atoms with Crippen molar-refractivity contribution in [2.45, 2.75) is 30.2 Å². The van der Waals surface area contributed by atoms with Crippen molar-refractivity contribution in [2.24, 2.45) is 0 Å². The molecule has 0 aliphatic rings. The van der Waals surface area contributed by atoms with E-state index in [1.54, 1.807) is 4.57 Å². The van der Waals surface area contributed by atoms with Crippen molar-refractivity contribution >= 4 is 17.4 Å². The molecule has 3 rings (SSSR count). The van der Waals surface area contributed by atoms with Crippen molar-refractivity contribution in [3.05, 3.63) is 40.6 Å². The molecule has 0 aliphatic carbocycles. The molecule has 3 aromatic heterocycles. The van der Waals surface area contributed by atoms with Crippen LogP contribution in [-0.4, -0.2) is 31.2 Å². The van der Waals surface area contributed by atoms with Gasteiger partial charge < -0.3 is 9.72 Å². The minimum absolute atomic E-state index is 0.195. The smallest absolute Gasteiger partial charge is 0.314 e. The lowest BCUT2D eigenvalue weighted by Gasteiger charge is -2.04. The lowest BCUT2D eigenvalue weighted by Crippen LogP contribution is -2.16. The molecule has 3 heterocycles. The quantitative estimate of drug-likeness (QED) is 0.738. The summed E-state index contributed by atoms with van der Waals surface area (Å²) < 4.78 is 3.64. The molecule has 0 saturated carbocycles. The molecular weight excluding hydrogens is 288 g/mol. The molecule has 0 saturated heterocycles. The van der Waals surface area contributed by atoms with E-state index in [9.17, 15) is 4.79 Å². The van der Waals surface area contributed by atoms with E-state index in [4.69, 9.17) is 0 Å². The Morgan fingerprint density at radius 3 is 3.05 bits per heavy atom. The summed E-state index contributed by atoms with van der Waals surface area (Å²) in [6, 6.07) is 5.88. The van der Waals surface area contributed by atoms with Gasteiger partial charge in [-0.2, -0.15) is 0 Å². The molecule has 0 spiro atoms. The van der Waals surface area contributed by atoms with Gasteiger partial charge in [0.05, 0.1) is 5.69 Å². The number of H-pyrrole nitrogens is 1. The van der Waals surface area contributed by atoms with Gasteiger partial charge in [-0.3, -0.25) is 4.57 Å². The number of hydrogen-bond donors (Lipinski definition) is 2. The van der Waals surface area contributed by atoms with Gasteiger partial charge in [-0.25, -0.2) is 14.9 Å². The molecule has 8 heteroatoms. The maximum atomic E-state index is 11.6. The summed E-state index contributed by atoms with van der Waals surface area (Å²) in [7, 11) is 1.90. The van der Waals surface area contributed by atoms with Gasteiger partial charge in [0.1, 0.15) is 10.7 Å². The molecule has 0 bridgehead atoms. The number of pyridine rings is 1. The number of aromatic nitrogens is 5. The normalized spacial score (nSPS) is 11.3. The standard InChI is InChI=1S/C13H16N6OS/c1-3-18-12(20)16-17-13(18)21-11-9(8-14-2)19-7-5-4-6-10(19)15-11/h4-7,14H,3,8H2,1-2H3,(H,16,20). The fourth-order valence-corrected chi connectivity index (χ4v) is 3.20. The van der Waals surface area contributed by atoms with E-state index < -0.39 is 0 Å². The van der Waals surface area contributed by atoms with Crippen LogP contribution in [0.1, 0.15) is 12.6 Å². The maximum Gasteiger partial charge on any atom is 0.343 e. The van der Waals surface area contributed by atoms with Gasteiger partial charge in [0.25, 0.3) is 0 Å². The van der Waals surface area contributed by atoms with E-state index in [2.05, 4.69) is 20.5 Å². The number of fused-ring (bicyclic) bond motifs is 1. The minimum Gasteiger partial charge on any atom is -0.314 e. The summed E-state index contributed by atoms with van der Waals surface area (Å²) in [6.45, 7) is 3.18. The molecule has 0 radical (unpaired) electrons. The van der Waals surface area contributed by atoms with Crippen LogP contribution in [0.2, 0.25) is 0 Å². The van der Waals surface area contributed by atoms with Crippen molar-refractivity contribution in [2.75, 3.05) is 7.05 Å². The number of aromatic amines is 1. The molecule has 0 amide bonds. The number of nitrogens with one attached hydrogen (secondary N) is 2. The predicted octanol–water partition coefficient (Wildman–Crippen LogP) is 1.11. The fraction of sp³-hybridized carbons (Fsp3) is 0.308. The summed E-state index contributed by atoms with van der Waals surface area (Å²) in [5.74, 6) is 0. The SMILES string of the molecule is CCn1c(Sc2nc3ccccn3c2CNC)n[nH]c1=O. The first-order valence-electron chi connectivity index (χ1n) is 6.68. The highest BCUT2D eigenvalue weighted by atomic mass is 32.2. The molecule has 21 heavy (non-hydrogen) atoms. The van der Waals surface area contributed by atoms with Crippen molar-refractivity contribution in [3.63, 3.8) is 0 Å². The number of hydrogen-bond acceptors (Lipinski definition) is 5. The van der Waals surface area contributed by atoms with Crippen molar-refractivity contribution in [1.82, 2.24) is 29.5 Å². The Kier molecular flexibility index (Phi) is 3.80. The molecule has 0 aliphatic heterocycles. The second-order valence-corrected chi connectivity index (χ2v) is 5.44. The van der Waals surface area contributed by atoms with Crippen LogP contribution in [0, 0.1) is 0 Å². The largest absolute Gasteiger partial charge is 0.343 e. The van der Waals surface area contributed by atoms with E-state index in [0.717, 1.165) is 16.4 Å². The van der Waals surface area contributed by atoms with Crippen molar-refractivity contribution in [1.29, 1.82) is 0 Å². The lowest BCUT2D eigenvalue weighted by atomic mass is 10.4. The molecule has 0 aromatic carbocycles. The Morgan fingerprint density at radius 1 is 1.43 bits per heavy atom. The molecule has 7 nitrogen and oxygen atoms in total. The first-order valence-corrected chi connectivity index (χ1v) is 7.50. The van der Waals surface area contributed by atoms with Crippen LogP contribution in [-0.2, 0) is 13.1 Å². The van der Waals surface area contributed by atoms with Gasteiger partial charge in [0, 0.05) is 19.3 Å². The number of rotatable bonds is 5. The average Bonchev–Trinajstić information content (AvgIpc) is 3.01. The topological polar surface area (TPSA) is 80.0 Å². The van der Waals surface area contributed by atoms with Gasteiger partial charge in [-0.15, -0.1) is 5.10 Å². The van der Waals surface area contributed by atoms with E-state index >= 15 is 0 Å². The van der Waals surface area contributed by atoms with E-state index in [1.807, 2.05) is 42.8 Å². The molecule has 3 aromatic rings. The monoisotopic (exact) mass is 304 g/mol. The molecular formula is C13H16N6OS. The zero-order valence-corrected chi connectivity index (χ0v) is 12.6. The first-order chi connectivity index (χ1) is 10.2. The third-order valence-electron chi connectivity index (χ3n) is 3.16. The lowest BCUT2D eigenvalue weighted by molar-refractivity contribution is 0.659. The van der Waals surface area contributed by atoms with Gasteiger partial charge in [0.2, 0.25) is 0 Å². The Hall–Kier alpha value is -2.06. The molecule has 110 valence electrons. The Morgan fingerprint density at radius 2 is 2.29 bits per heavy atom. The predicted molar refractivity (Wildman–Crippen MR) is 80.6 cm³/mol. The van der Waals surface area contributed by atoms with E-state index in [0.29, 0.717) is 18.2 Å². The Balaban J connectivity index is 2.07. The average molecular weight is 304 g/mol. The van der Waals surface area contributed by atoms with Crippen LogP contribution in [0.4, 0.5) is 0 Å². The highest BCUT2D eigenvalue weighted by Crippen LogP contribution is 2.28. The number of nitrogens with zero attached hydrogens (tertiary/aromatic N) is 4. The van der Waals surface area contributed by atoms with Crippen LogP contribution in [0.15, 0.2) is 39.4 Å². The highest BCUT2D eigenvalue weighted by Gasteiger charge is 2.16. The second-order valence-electron chi connectivity index (χ2n) is 4.48. The van der Waals surface area contributed by atoms with Gasteiger partial charge in [0.15, 0.2) is 5.16 Å². The van der Waals surface area contributed by atoms with Crippen molar-refractivity contribution in [3.8, 4) is 0 Å². The first kappa shape index (κ1) is 13.9. The second kappa shape index (κ2) is 5.74. The van der Waals surface area contributed by atoms with Crippen LogP contribution in [0.3, 0.4) is 0 Å². The summed E-state index contributed by atoms with van der Waals surface area (Å²) in [6.07, 6.45) is 1.98. The Labute approximate surface area is 125 Å². The highest BCUT2D eigenvalue weighted by molar-refractivity contribution is 7.99. The molecule has 0 atom stereocenters. The summed E-state index contributed by atoms with van der Waals surface area (Å²) in [5, 5.41) is 11.2. The zero-order chi connectivity index (χ0) is 14.8. The summed E-state index contributed by atoms with van der Waals surface area (Å²) >= 11 is 1.40. The Bertz CT molecular complexity index is 818. The third kappa shape index (κ3) is 2.47. The number of imidazole rings is 1. The maximum absolute atomic E-state index is 11.6. The van der Waals surface area contributed by atoms with Crippen LogP contribution in [0.25, 0.3) is 5.65 Å². The van der Waals surface area contributed by atoms with Crippen LogP contribution >= 0.6 is 11.8 Å². The molecule has 0 fully saturated rings.